The maximum absolute atomic E-state index is 12.7. The Balaban J connectivity index is 1.52. The fourth-order valence-corrected chi connectivity index (χ4v) is 3.45. The lowest BCUT2D eigenvalue weighted by Crippen LogP contribution is -2.26. The predicted octanol–water partition coefficient (Wildman–Crippen LogP) is 5.27. The second kappa shape index (κ2) is 8.48. The Hall–Kier alpha value is -3.86. The van der Waals surface area contributed by atoms with Crippen molar-refractivity contribution >= 4 is 16.9 Å². The summed E-state index contributed by atoms with van der Waals surface area (Å²) in [6, 6.07) is 21.5. The molecule has 0 saturated heterocycles. The maximum atomic E-state index is 12.7. The minimum Gasteiger partial charge on any atom is -0.497 e. The molecule has 1 aromatic heterocycles. The van der Waals surface area contributed by atoms with E-state index in [4.69, 9.17) is 9.15 Å². The second-order valence-corrected chi connectivity index (χ2v) is 7.52. The summed E-state index contributed by atoms with van der Waals surface area (Å²) < 4.78 is 11.1. The number of hydrogen-bond donors (Lipinski definition) is 1. The van der Waals surface area contributed by atoms with Crippen LogP contribution in [-0.4, -0.2) is 13.0 Å². The highest BCUT2D eigenvalue weighted by Gasteiger charge is 2.13. The number of methoxy groups -OCH3 is 1. The Kier molecular flexibility index (Phi) is 5.58. The van der Waals surface area contributed by atoms with Crippen molar-refractivity contribution in [2.24, 2.45) is 0 Å². The van der Waals surface area contributed by atoms with Gasteiger partial charge < -0.3 is 14.5 Å². The second-order valence-electron chi connectivity index (χ2n) is 7.52. The van der Waals surface area contributed by atoms with Gasteiger partial charge in [-0.25, -0.2) is 0 Å². The highest BCUT2D eigenvalue weighted by atomic mass is 16.5. The van der Waals surface area contributed by atoms with E-state index in [1.807, 2.05) is 50.2 Å². The normalized spacial score (nSPS) is 11.8. The summed E-state index contributed by atoms with van der Waals surface area (Å²) >= 11 is 0. The molecule has 0 aliphatic rings. The number of aryl methyl sites for hydroxylation is 1. The maximum Gasteiger partial charge on any atom is 0.251 e. The van der Waals surface area contributed by atoms with E-state index >= 15 is 0 Å². The van der Waals surface area contributed by atoms with Crippen molar-refractivity contribution in [2.45, 2.75) is 19.9 Å². The molecule has 31 heavy (non-hydrogen) atoms. The van der Waals surface area contributed by atoms with Crippen LogP contribution in [0, 0.1) is 6.92 Å². The average molecular weight is 413 g/mol. The molecule has 4 aromatic rings. The van der Waals surface area contributed by atoms with Gasteiger partial charge in [0.2, 0.25) is 0 Å². The summed E-state index contributed by atoms with van der Waals surface area (Å²) in [4.78, 5) is 25.1. The highest BCUT2D eigenvalue weighted by molar-refractivity contribution is 5.95. The number of rotatable bonds is 5. The number of carbonyl (C=O) groups is 1. The third kappa shape index (κ3) is 4.36. The van der Waals surface area contributed by atoms with Gasteiger partial charge in [-0.2, -0.15) is 0 Å². The Labute approximate surface area is 180 Å². The van der Waals surface area contributed by atoms with Crippen LogP contribution < -0.4 is 15.5 Å². The summed E-state index contributed by atoms with van der Waals surface area (Å²) in [7, 11) is 1.62. The van der Waals surface area contributed by atoms with Gasteiger partial charge in [-0.3, -0.25) is 9.59 Å². The van der Waals surface area contributed by atoms with E-state index in [1.54, 1.807) is 37.4 Å². The first-order valence-electron chi connectivity index (χ1n) is 10.0. The van der Waals surface area contributed by atoms with Crippen molar-refractivity contribution in [1.29, 1.82) is 0 Å². The van der Waals surface area contributed by atoms with E-state index < -0.39 is 0 Å². The molecule has 1 amide bonds. The van der Waals surface area contributed by atoms with Gasteiger partial charge in [0.25, 0.3) is 5.91 Å². The Morgan fingerprint density at radius 2 is 1.68 bits per heavy atom. The molecule has 0 radical (unpaired) electrons. The van der Waals surface area contributed by atoms with Crippen LogP contribution in [-0.2, 0) is 0 Å². The molecule has 0 aliphatic carbocycles. The summed E-state index contributed by atoms with van der Waals surface area (Å²) in [5, 5.41) is 3.56. The number of carbonyl (C=O) groups excluding carboxylic acids is 1. The zero-order chi connectivity index (χ0) is 22.0. The zero-order valence-corrected chi connectivity index (χ0v) is 17.6. The molecule has 0 aliphatic heterocycles. The third-order valence-electron chi connectivity index (χ3n) is 5.28. The van der Waals surface area contributed by atoms with Crippen LogP contribution in [0.15, 0.2) is 82.0 Å². The minimum atomic E-state index is -0.176. The average Bonchev–Trinajstić information content (AvgIpc) is 2.79. The van der Waals surface area contributed by atoms with Gasteiger partial charge in [-0.1, -0.05) is 35.9 Å². The standard InChI is InChI=1S/C26H23NO4/c1-16-4-13-24-22(14-16)23(28)15-25(31-24)19-5-7-20(8-6-19)26(29)27-17(2)18-9-11-21(30-3)12-10-18/h4-15,17H,1-3H3,(H,27,29). The fourth-order valence-electron chi connectivity index (χ4n) is 3.45. The van der Waals surface area contributed by atoms with Crippen LogP contribution in [0.3, 0.4) is 0 Å². The van der Waals surface area contributed by atoms with Gasteiger partial charge in [-0.15, -0.1) is 0 Å². The van der Waals surface area contributed by atoms with Crippen molar-refractivity contribution in [3.05, 3.63) is 99.7 Å². The van der Waals surface area contributed by atoms with Crippen LogP contribution in [0.2, 0.25) is 0 Å². The van der Waals surface area contributed by atoms with Crippen molar-refractivity contribution in [2.75, 3.05) is 7.11 Å². The topological polar surface area (TPSA) is 68.5 Å². The molecule has 5 heteroatoms. The van der Waals surface area contributed by atoms with E-state index in [0.29, 0.717) is 22.3 Å². The van der Waals surface area contributed by atoms with Crippen molar-refractivity contribution < 1.29 is 13.9 Å². The molecule has 1 unspecified atom stereocenters. The van der Waals surface area contributed by atoms with Crippen LogP contribution in [0.4, 0.5) is 0 Å². The van der Waals surface area contributed by atoms with E-state index in [0.717, 1.165) is 22.4 Å². The molecule has 5 nitrogen and oxygen atoms in total. The molecule has 3 aromatic carbocycles. The lowest BCUT2D eigenvalue weighted by Gasteiger charge is -2.15. The monoisotopic (exact) mass is 413 g/mol. The SMILES string of the molecule is COc1ccc(C(C)NC(=O)c2ccc(-c3cc(=O)c4cc(C)ccc4o3)cc2)cc1. The summed E-state index contributed by atoms with van der Waals surface area (Å²) in [5.41, 5.74) is 3.71. The van der Waals surface area contributed by atoms with E-state index in [1.165, 1.54) is 6.07 Å². The van der Waals surface area contributed by atoms with Gasteiger partial charge in [0, 0.05) is 17.2 Å². The summed E-state index contributed by atoms with van der Waals surface area (Å²) in [5.74, 6) is 1.07. The molecular weight excluding hydrogens is 390 g/mol. The molecule has 1 N–H and O–H groups in total. The zero-order valence-electron chi connectivity index (χ0n) is 17.6. The van der Waals surface area contributed by atoms with Crippen molar-refractivity contribution in [3.8, 4) is 17.1 Å². The molecule has 0 spiro atoms. The quantitative estimate of drug-likeness (QED) is 0.484. The molecule has 4 rings (SSSR count). The number of nitrogens with one attached hydrogen (secondary N) is 1. The number of amides is 1. The van der Waals surface area contributed by atoms with Crippen LogP contribution in [0.5, 0.6) is 5.75 Å². The minimum absolute atomic E-state index is 0.0879. The number of hydrogen-bond acceptors (Lipinski definition) is 4. The van der Waals surface area contributed by atoms with Gasteiger partial charge in [0.15, 0.2) is 5.43 Å². The molecule has 0 bridgehead atoms. The van der Waals surface area contributed by atoms with Gasteiger partial charge in [0.1, 0.15) is 17.1 Å². The lowest BCUT2D eigenvalue weighted by molar-refractivity contribution is 0.0940. The highest BCUT2D eigenvalue weighted by Crippen LogP contribution is 2.24. The lowest BCUT2D eigenvalue weighted by atomic mass is 10.1. The Morgan fingerprint density at radius 3 is 2.35 bits per heavy atom. The molecule has 0 saturated carbocycles. The molecular formula is C26H23NO4. The molecule has 156 valence electrons. The smallest absolute Gasteiger partial charge is 0.251 e. The number of benzene rings is 3. The van der Waals surface area contributed by atoms with Crippen molar-refractivity contribution in [1.82, 2.24) is 5.32 Å². The van der Waals surface area contributed by atoms with E-state index in [2.05, 4.69) is 5.32 Å². The molecule has 0 fully saturated rings. The van der Waals surface area contributed by atoms with Gasteiger partial charge in [-0.05, 0) is 55.8 Å². The fraction of sp³-hybridized carbons (Fsp3) is 0.154. The van der Waals surface area contributed by atoms with Crippen LogP contribution >= 0.6 is 0 Å². The number of fused-ring (bicyclic) bond motifs is 1. The molecule has 1 atom stereocenters. The first kappa shape index (κ1) is 20.4. The third-order valence-corrected chi connectivity index (χ3v) is 5.28. The summed E-state index contributed by atoms with van der Waals surface area (Å²) in [6.07, 6.45) is 0. The van der Waals surface area contributed by atoms with Crippen molar-refractivity contribution in [3.63, 3.8) is 0 Å². The largest absolute Gasteiger partial charge is 0.497 e. The first-order valence-corrected chi connectivity index (χ1v) is 10.0. The van der Waals surface area contributed by atoms with Gasteiger partial charge >= 0.3 is 0 Å². The van der Waals surface area contributed by atoms with Gasteiger partial charge in [0.05, 0.1) is 18.5 Å². The van der Waals surface area contributed by atoms with E-state index in [9.17, 15) is 9.59 Å². The molecule has 1 heterocycles. The predicted molar refractivity (Wildman–Crippen MR) is 122 cm³/mol. The first-order chi connectivity index (χ1) is 14.9. The summed E-state index contributed by atoms with van der Waals surface area (Å²) in [6.45, 7) is 3.87. The number of ether oxygens (including phenoxy) is 1. The Bertz CT molecular complexity index is 1290. The van der Waals surface area contributed by atoms with E-state index in [-0.39, 0.29) is 17.4 Å². The Morgan fingerprint density at radius 1 is 0.968 bits per heavy atom. The van der Waals surface area contributed by atoms with Crippen LogP contribution in [0.25, 0.3) is 22.3 Å². The van der Waals surface area contributed by atoms with Crippen LogP contribution in [0.1, 0.15) is 34.5 Å².